The molecule has 0 saturated heterocycles. The van der Waals surface area contributed by atoms with E-state index in [0.29, 0.717) is 19.5 Å². The van der Waals surface area contributed by atoms with Gasteiger partial charge in [-0.2, -0.15) is 0 Å². The summed E-state index contributed by atoms with van der Waals surface area (Å²) < 4.78 is 13.2. The number of benzene rings is 2. The van der Waals surface area contributed by atoms with Gasteiger partial charge in [0.05, 0.1) is 6.42 Å². The number of amides is 2. The second-order valence-corrected chi connectivity index (χ2v) is 7.38. The monoisotopic (exact) mass is 398 g/mol. The topological polar surface area (TPSA) is 49.4 Å². The lowest BCUT2D eigenvalue weighted by Gasteiger charge is -2.31. The zero-order valence-corrected chi connectivity index (χ0v) is 17.6. The Hall–Kier alpha value is -2.69. The molecule has 0 aliphatic heterocycles. The Kier molecular flexibility index (Phi) is 8.84. The summed E-state index contributed by atoms with van der Waals surface area (Å²) in [7, 11) is 0. The van der Waals surface area contributed by atoms with Crippen LogP contribution < -0.4 is 5.32 Å². The highest BCUT2D eigenvalue weighted by Gasteiger charge is 2.28. The van der Waals surface area contributed by atoms with Gasteiger partial charge in [0.25, 0.3) is 0 Å². The Labute approximate surface area is 173 Å². The Morgan fingerprint density at radius 1 is 1.00 bits per heavy atom. The lowest BCUT2D eigenvalue weighted by atomic mass is 10.1. The molecule has 1 atom stereocenters. The Morgan fingerprint density at radius 3 is 2.21 bits per heavy atom. The smallest absolute Gasteiger partial charge is 0.242 e. The molecule has 4 nitrogen and oxygen atoms in total. The number of hydrogen-bond acceptors (Lipinski definition) is 2. The maximum Gasteiger partial charge on any atom is 0.242 e. The molecule has 1 unspecified atom stereocenters. The molecule has 0 bridgehead atoms. The molecular weight excluding hydrogens is 367 g/mol. The van der Waals surface area contributed by atoms with Crippen molar-refractivity contribution in [2.45, 2.75) is 59.0 Å². The predicted octanol–water partition coefficient (Wildman–Crippen LogP) is 4.40. The molecule has 0 fully saturated rings. The number of nitrogens with zero attached hydrogens (tertiary/aromatic N) is 1. The minimum atomic E-state index is -0.541. The van der Waals surface area contributed by atoms with Crippen molar-refractivity contribution in [3.05, 3.63) is 71.0 Å². The van der Waals surface area contributed by atoms with Crippen molar-refractivity contribution in [3.8, 4) is 0 Å². The summed E-state index contributed by atoms with van der Waals surface area (Å²) >= 11 is 0. The molecule has 2 amide bonds. The van der Waals surface area contributed by atoms with Crippen molar-refractivity contribution in [3.63, 3.8) is 0 Å². The number of unbranched alkanes of at least 4 members (excludes halogenated alkanes) is 1. The SMILES string of the molecule is CCCCNC(=O)C(CC)N(Cc1ccc(C)cc1)C(=O)Cc1ccc(F)cc1. The van der Waals surface area contributed by atoms with Gasteiger partial charge in [0.1, 0.15) is 11.9 Å². The van der Waals surface area contributed by atoms with Gasteiger partial charge in [-0.15, -0.1) is 0 Å². The number of aryl methyl sites for hydroxylation is 1. The average Bonchev–Trinajstić information content (AvgIpc) is 2.71. The summed E-state index contributed by atoms with van der Waals surface area (Å²) in [6, 6.07) is 13.3. The molecule has 2 aromatic carbocycles. The van der Waals surface area contributed by atoms with Crippen LogP contribution in [0.3, 0.4) is 0 Å². The fraction of sp³-hybridized carbons (Fsp3) is 0.417. The van der Waals surface area contributed by atoms with E-state index in [-0.39, 0.29) is 24.1 Å². The normalized spacial score (nSPS) is 11.7. The highest BCUT2D eigenvalue weighted by atomic mass is 19.1. The third-order valence-corrected chi connectivity index (χ3v) is 4.96. The van der Waals surface area contributed by atoms with Gasteiger partial charge in [-0.05, 0) is 43.0 Å². The first-order valence-corrected chi connectivity index (χ1v) is 10.3. The van der Waals surface area contributed by atoms with Gasteiger partial charge in [0.15, 0.2) is 0 Å². The van der Waals surface area contributed by atoms with E-state index in [1.165, 1.54) is 12.1 Å². The number of carbonyl (C=O) groups excluding carboxylic acids is 2. The molecule has 2 aromatic rings. The summed E-state index contributed by atoms with van der Waals surface area (Å²) in [6.07, 6.45) is 2.56. The van der Waals surface area contributed by atoms with Crippen LogP contribution in [0.2, 0.25) is 0 Å². The molecule has 0 aliphatic carbocycles. The maximum atomic E-state index is 13.2. The minimum Gasteiger partial charge on any atom is -0.354 e. The summed E-state index contributed by atoms with van der Waals surface area (Å²) in [5.41, 5.74) is 2.84. The van der Waals surface area contributed by atoms with Gasteiger partial charge in [0, 0.05) is 13.1 Å². The van der Waals surface area contributed by atoms with Crippen molar-refractivity contribution in [1.29, 1.82) is 0 Å². The van der Waals surface area contributed by atoms with Crippen molar-refractivity contribution in [1.82, 2.24) is 10.2 Å². The Morgan fingerprint density at radius 2 is 1.62 bits per heavy atom. The second-order valence-electron chi connectivity index (χ2n) is 7.38. The van der Waals surface area contributed by atoms with E-state index in [0.717, 1.165) is 29.5 Å². The van der Waals surface area contributed by atoms with Gasteiger partial charge in [-0.1, -0.05) is 62.2 Å². The Bertz CT molecular complexity index is 788. The quantitative estimate of drug-likeness (QED) is 0.603. The number of rotatable bonds is 10. The molecule has 1 N–H and O–H groups in total. The van der Waals surface area contributed by atoms with E-state index < -0.39 is 6.04 Å². The molecule has 0 aromatic heterocycles. The van der Waals surface area contributed by atoms with E-state index in [2.05, 4.69) is 12.2 Å². The van der Waals surface area contributed by atoms with Crippen molar-refractivity contribution in [2.24, 2.45) is 0 Å². The van der Waals surface area contributed by atoms with Crippen LogP contribution >= 0.6 is 0 Å². The minimum absolute atomic E-state index is 0.125. The molecular formula is C24H31FN2O2. The summed E-state index contributed by atoms with van der Waals surface area (Å²) in [5.74, 6) is -0.602. The van der Waals surface area contributed by atoms with Crippen LogP contribution in [0.15, 0.2) is 48.5 Å². The third-order valence-electron chi connectivity index (χ3n) is 4.96. The number of halogens is 1. The highest BCUT2D eigenvalue weighted by Crippen LogP contribution is 2.15. The molecule has 0 aliphatic rings. The van der Waals surface area contributed by atoms with Gasteiger partial charge in [0.2, 0.25) is 11.8 Å². The van der Waals surface area contributed by atoms with E-state index >= 15 is 0 Å². The zero-order chi connectivity index (χ0) is 21.2. The van der Waals surface area contributed by atoms with Crippen LogP contribution in [0.25, 0.3) is 0 Å². The van der Waals surface area contributed by atoms with E-state index in [1.807, 2.05) is 38.1 Å². The molecule has 0 spiro atoms. The lowest BCUT2D eigenvalue weighted by Crippen LogP contribution is -2.49. The number of hydrogen-bond donors (Lipinski definition) is 1. The van der Waals surface area contributed by atoms with Gasteiger partial charge >= 0.3 is 0 Å². The molecule has 156 valence electrons. The first-order valence-electron chi connectivity index (χ1n) is 10.3. The summed E-state index contributed by atoms with van der Waals surface area (Å²) in [5, 5.41) is 2.95. The third kappa shape index (κ3) is 7.00. The van der Waals surface area contributed by atoms with Crippen LogP contribution in [0.5, 0.6) is 0 Å². The lowest BCUT2D eigenvalue weighted by molar-refractivity contribution is -0.140. The standard InChI is InChI=1S/C24H31FN2O2/c1-4-6-15-26-24(29)22(5-2)27(17-20-9-7-18(3)8-10-20)23(28)16-19-11-13-21(25)14-12-19/h7-14,22H,4-6,15-17H2,1-3H3,(H,26,29). The number of carbonyl (C=O) groups is 2. The van der Waals surface area contributed by atoms with Crippen LogP contribution in [0.4, 0.5) is 4.39 Å². The van der Waals surface area contributed by atoms with Gasteiger partial charge < -0.3 is 10.2 Å². The second kappa shape index (κ2) is 11.3. The van der Waals surface area contributed by atoms with E-state index in [4.69, 9.17) is 0 Å². The fourth-order valence-electron chi connectivity index (χ4n) is 3.19. The van der Waals surface area contributed by atoms with Crippen LogP contribution in [0.1, 0.15) is 49.8 Å². The Balaban J connectivity index is 2.22. The predicted molar refractivity (Wildman–Crippen MR) is 114 cm³/mol. The number of nitrogens with one attached hydrogen (secondary N) is 1. The van der Waals surface area contributed by atoms with Crippen molar-refractivity contribution in [2.75, 3.05) is 6.54 Å². The highest BCUT2D eigenvalue weighted by molar-refractivity contribution is 5.88. The first kappa shape index (κ1) is 22.6. The molecule has 5 heteroatoms. The van der Waals surface area contributed by atoms with Crippen molar-refractivity contribution < 1.29 is 14.0 Å². The first-order chi connectivity index (χ1) is 13.9. The molecule has 0 saturated carbocycles. The summed E-state index contributed by atoms with van der Waals surface area (Å²) in [6.45, 7) is 6.96. The van der Waals surface area contributed by atoms with E-state index in [1.54, 1.807) is 17.0 Å². The average molecular weight is 399 g/mol. The van der Waals surface area contributed by atoms with E-state index in [9.17, 15) is 14.0 Å². The van der Waals surface area contributed by atoms with Crippen LogP contribution in [0, 0.1) is 12.7 Å². The van der Waals surface area contributed by atoms with Crippen LogP contribution in [-0.2, 0) is 22.6 Å². The molecule has 0 radical (unpaired) electrons. The van der Waals surface area contributed by atoms with Gasteiger partial charge in [-0.3, -0.25) is 9.59 Å². The van der Waals surface area contributed by atoms with Crippen LogP contribution in [-0.4, -0.2) is 29.3 Å². The maximum absolute atomic E-state index is 13.2. The van der Waals surface area contributed by atoms with Crippen molar-refractivity contribution >= 4 is 11.8 Å². The largest absolute Gasteiger partial charge is 0.354 e. The molecule has 29 heavy (non-hydrogen) atoms. The fourth-order valence-corrected chi connectivity index (χ4v) is 3.19. The molecule has 0 heterocycles. The zero-order valence-electron chi connectivity index (χ0n) is 17.6. The van der Waals surface area contributed by atoms with Gasteiger partial charge in [-0.25, -0.2) is 4.39 Å². The summed E-state index contributed by atoms with van der Waals surface area (Å²) in [4.78, 5) is 27.6. The molecule has 2 rings (SSSR count).